The van der Waals surface area contributed by atoms with E-state index in [0.717, 1.165) is 29.7 Å². The standard InChI is InChI=1S/C23H23F2N3O4S/c24-13-2-4-20(18(25)8-13)33(31,32)28-15-9-17-16(11-21(29)23(17)6-1-7-23)19(10-15)27-14-3-5-22(30)26-12-14/h2,4,8-10,14,27-28H,1,3,5-7,11-12H2,(H,26,30). The van der Waals surface area contributed by atoms with Crippen LogP contribution in [0.5, 0.6) is 0 Å². The molecule has 2 fully saturated rings. The zero-order valence-electron chi connectivity index (χ0n) is 17.7. The second-order valence-corrected chi connectivity index (χ2v) is 10.6. The summed E-state index contributed by atoms with van der Waals surface area (Å²) in [6, 6.07) is 5.46. The summed E-state index contributed by atoms with van der Waals surface area (Å²) in [5.41, 5.74) is 1.85. The smallest absolute Gasteiger partial charge is 0.264 e. The highest BCUT2D eigenvalue weighted by Crippen LogP contribution is 2.53. The first-order valence-corrected chi connectivity index (χ1v) is 12.4. The number of benzene rings is 2. The van der Waals surface area contributed by atoms with Gasteiger partial charge in [0.1, 0.15) is 22.3 Å². The molecule has 1 unspecified atom stereocenters. The van der Waals surface area contributed by atoms with Crippen molar-refractivity contribution in [3.8, 4) is 0 Å². The fourth-order valence-corrected chi connectivity index (χ4v) is 6.12. The molecule has 0 aromatic heterocycles. The number of anilines is 2. The van der Waals surface area contributed by atoms with Crippen molar-refractivity contribution in [3.63, 3.8) is 0 Å². The molecule has 2 aromatic carbocycles. The highest BCUT2D eigenvalue weighted by Gasteiger charge is 2.51. The van der Waals surface area contributed by atoms with Crippen molar-refractivity contribution >= 4 is 33.1 Å². The number of Topliss-reactive ketones (excluding diaryl/α,β-unsaturated/α-hetero) is 1. The number of carbonyl (C=O) groups is 2. The number of piperidine rings is 1. The summed E-state index contributed by atoms with van der Waals surface area (Å²) in [5.74, 6) is -1.97. The van der Waals surface area contributed by atoms with Gasteiger partial charge in [0, 0.05) is 37.2 Å². The van der Waals surface area contributed by atoms with Crippen molar-refractivity contribution in [1.29, 1.82) is 0 Å². The minimum atomic E-state index is -4.34. The number of carbonyl (C=O) groups excluding carboxylic acids is 2. The van der Waals surface area contributed by atoms with Crippen LogP contribution in [0.25, 0.3) is 0 Å². The number of rotatable bonds is 5. The first-order chi connectivity index (χ1) is 15.7. The molecule has 1 heterocycles. The predicted molar refractivity (Wildman–Crippen MR) is 118 cm³/mol. The van der Waals surface area contributed by atoms with Crippen LogP contribution in [0.4, 0.5) is 20.2 Å². The Bertz CT molecular complexity index is 1260. The molecule has 1 aliphatic heterocycles. The molecule has 0 radical (unpaired) electrons. The molecule has 2 aromatic rings. The number of halogens is 2. The zero-order chi connectivity index (χ0) is 23.4. The molecular weight excluding hydrogens is 452 g/mol. The summed E-state index contributed by atoms with van der Waals surface area (Å²) in [4.78, 5) is 23.7. The number of hydrogen-bond acceptors (Lipinski definition) is 5. The van der Waals surface area contributed by atoms with E-state index in [1.54, 1.807) is 12.1 Å². The molecule has 7 nitrogen and oxygen atoms in total. The van der Waals surface area contributed by atoms with Crippen LogP contribution in [-0.4, -0.2) is 32.7 Å². The fraction of sp³-hybridized carbons (Fsp3) is 0.391. The highest BCUT2D eigenvalue weighted by molar-refractivity contribution is 7.92. The molecule has 3 aliphatic rings. The zero-order valence-corrected chi connectivity index (χ0v) is 18.5. The van der Waals surface area contributed by atoms with Gasteiger partial charge in [0.2, 0.25) is 5.91 Å². The Morgan fingerprint density at radius 1 is 1.09 bits per heavy atom. The van der Waals surface area contributed by atoms with Crippen LogP contribution in [0.1, 0.15) is 43.2 Å². The average molecular weight is 476 g/mol. The van der Waals surface area contributed by atoms with Crippen LogP contribution in [0, 0.1) is 11.6 Å². The van der Waals surface area contributed by atoms with Gasteiger partial charge in [-0.05, 0) is 54.7 Å². The van der Waals surface area contributed by atoms with Crippen molar-refractivity contribution in [1.82, 2.24) is 5.32 Å². The SMILES string of the molecule is O=C1CCC(Nc2cc(NS(=O)(=O)c3ccc(F)cc3F)cc3c2CC(=O)C32CCC2)CN1. The second kappa shape index (κ2) is 7.79. The van der Waals surface area contributed by atoms with E-state index in [4.69, 9.17) is 0 Å². The Hall–Kier alpha value is -3.01. The van der Waals surface area contributed by atoms with Gasteiger partial charge >= 0.3 is 0 Å². The van der Waals surface area contributed by atoms with Crippen molar-refractivity contribution in [2.75, 3.05) is 16.6 Å². The molecule has 1 atom stereocenters. The van der Waals surface area contributed by atoms with Gasteiger partial charge in [-0.25, -0.2) is 17.2 Å². The number of sulfonamides is 1. The Morgan fingerprint density at radius 2 is 1.88 bits per heavy atom. The first-order valence-electron chi connectivity index (χ1n) is 10.9. The monoisotopic (exact) mass is 475 g/mol. The number of nitrogens with one attached hydrogen (secondary N) is 3. The van der Waals surface area contributed by atoms with Gasteiger partial charge in [-0.1, -0.05) is 6.42 Å². The van der Waals surface area contributed by atoms with Gasteiger partial charge in [-0.2, -0.15) is 0 Å². The van der Waals surface area contributed by atoms with E-state index in [1.165, 1.54) is 0 Å². The molecular formula is C23H23F2N3O4S. The van der Waals surface area contributed by atoms with Gasteiger partial charge in [-0.15, -0.1) is 0 Å². The summed E-state index contributed by atoms with van der Waals surface area (Å²) in [6.07, 6.45) is 3.58. The Kier molecular flexibility index (Phi) is 5.15. The molecule has 1 spiro atoms. The molecule has 2 aliphatic carbocycles. The summed E-state index contributed by atoms with van der Waals surface area (Å²) < 4.78 is 55.6. The van der Waals surface area contributed by atoms with E-state index in [9.17, 15) is 26.8 Å². The maximum absolute atomic E-state index is 14.2. The lowest BCUT2D eigenvalue weighted by Crippen LogP contribution is -2.42. The minimum Gasteiger partial charge on any atom is -0.380 e. The van der Waals surface area contributed by atoms with Gasteiger partial charge in [0.25, 0.3) is 10.0 Å². The third-order valence-corrected chi connectivity index (χ3v) is 8.32. The lowest BCUT2D eigenvalue weighted by atomic mass is 9.64. The molecule has 174 valence electrons. The lowest BCUT2D eigenvalue weighted by molar-refractivity contribution is -0.125. The maximum atomic E-state index is 14.2. The Morgan fingerprint density at radius 3 is 2.52 bits per heavy atom. The molecule has 1 saturated carbocycles. The van der Waals surface area contributed by atoms with Crippen LogP contribution >= 0.6 is 0 Å². The highest BCUT2D eigenvalue weighted by atomic mass is 32.2. The third kappa shape index (κ3) is 3.76. The van der Waals surface area contributed by atoms with E-state index in [1.807, 2.05) is 0 Å². The molecule has 33 heavy (non-hydrogen) atoms. The van der Waals surface area contributed by atoms with Gasteiger partial charge in [0.05, 0.1) is 11.1 Å². The molecule has 5 rings (SSSR count). The van der Waals surface area contributed by atoms with Crippen molar-refractivity contribution in [3.05, 3.63) is 53.1 Å². The number of hydrogen-bond donors (Lipinski definition) is 3. The molecule has 0 bridgehead atoms. The summed E-state index contributed by atoms with van der Waals surface area (Å²) in [5, 5.41) is 6.17. The van der Waals surface area contributed by atoms with E-state index in [2.05, 4.69) is 15.4 Å². The number of amides is 1. The van der Waals surface area contributed by atoms with Crippen molar-refractivity contribution < 1.29 is 26.8 Å². The van der Waals surface area contributed by atoms with E-state index in [-0.39, 0.29) is 29.8 Å². The summed E-state index contributed by atoms with van der Waals surface area (Å²) in [6.45, 7) is 0.420. The van der Waals surface area contributed by atoms with Crippen LogP contribution in [-0.2, 0) is 31.4 Å². The summed E-state index contributed by atoms with van der Waals surface area (Å²) in [7, 11) is -4.34. The van der Waals surface area contributed by atoms with Crippen LogP contribution in [0.15, 0.2) is 35.2 Å². The quantitative estimate of drug-likeness (QED) is 0.617. The lowest BCUT2D eigenvalue weighted by Gasteiger charge is -2.38. The van der Waals surface area contributed by atoms with E-state index in [0.29, 0.717) is 44.0 Å². The van der Waals surface area contributed by atoms with Gasteiger partial charge in [0.15, 0.2) is 0 Å². The maximum Gasteiger partial charge on any atom is 0.264 e. The Labute approximate surface area is 190 Å². The molecule has 3 N–H and O–H groups in total. The second-order valence-electron chi connectivity index (χ2n) is 8.95. The average Bonchev–Trinajstić information content (AvgIpc) is 3.01. The predicted octanol–water partition coefficient (Wildman–Crippen LogP) is 3.00. The van der Waals surface area contributed by atoms with E-state index < -0.39 is 32.0 Å². The molecule has 10 heteroatoms. The third-order valence-electron chi connectivity index (χ3n) is 6.90. The number of ketones is 1. The van der Waals surface area contributed by atoms with E-state index >= 15 is 0 Å². The summed E-state index contributed by atoms with van der Waals surface area (Å²) >= 11 is 0. The number of fused-ring (bicyclic) bond motifs is 2. The minimum absolute atomic E-state index is 0.0234. The van der Waals surface area contributed by atoms with Gasteiger partial charge < -0.3 is 10.6 Å². The molecule has 1 saturated heterocycles. The normalized spacial score (nSPS) is 21.3. The Balaban J connectivity index is 1.53. The van der Waals surface area contributed by atoms with Crippen LogP contribution in [0.3, 0.4) is 0 Å². The van der Waals surface area contributed by atoms with Crippen molar-refractivity contribution in [2.45, 2.75) is 54.9 Å². The fourth-order valence-electron chi connectivity index (χ4n) is 5.01. The first kappa shape index (κ1) is 21.8. The van der Waals surface area contributed by atoms with Crippen LogP contribution < -0.4 is 15.4 Å². The van der Waals surface area contributed by atoms with Gasteiger partial charge in [-0.3, -0.25) is 14.3 Å². The largest absolute Gasteiger partial charge is 0.380 e. The molecule has 1 amide bonds. The topological polar surface area (TPSA) is 104 Å². The van der Waals surface area contributed by atoms with Crippen molar-refractivity contribution in [2.24, 2.45) is 0 Å². The van der Waals surface area contributed by atoms with Crippen LogP contribution in [0.2, 0.25) is 0 Å².